The molecule has 0 saturated carbocycles. The van der Waals surface area contributed by atoms with Crippen LogP contribution < -0.4 is 10.5 Å². The number of aromatic nitrogens is 1. The summed E-state index contributed by atoms with van der Waals surface area (Å²) in [4.78, 5) is 16.9. The molecule has 0 radical (unpaired) electrons. The summed E-state index contributed by atoms with van der Waals surface area (Å²) < 4.78 is 19.3. The minimum atomic E-state index is -1.22. The summed E-state index contributed by atoms with van der Waals surface area (Å²) in [6, 6.07) is -0.541. The largest absolute Gasteiger partial charge is 0.412 e. The minimum Gasteiger partial charge on any atom is -0.412 e. The summed E-state index contributed by atoms with van der Waals surface area (Å²) in [6.07, 6.45) is 4.77. The molecule has 0 aliphatic heterocycles. The minimum absolute atomic E-state index is 0. The lowest BCUT2D eigenvalue weighted by atomic mass is 9.98. The van der Waals surface area contributed by atoms with Crippen molar-refractivity contribution in [1.29, 1.82) is 0 Å². The zero-order chi connectivity index (χ0) is 20.1. The van der Waals surface area contributed by atoms with Gasteiger partial charge in [-0.05, 0) is 74.6 Å². The molecule has 1 unspecified atom stereocenters. The fourth-order valence-electron chi connectivity index (χ4n) is 3.93. The number of urea groups is 1. The maximum atomic E-state index is 14.7. The molecular weight excluding hydrogens is 415 g/mol. The van der Waals surface area contributed by atoms with E-state index in [0.29, 0.717) is 22.9 Å². The van der Waals surface area contributed by atoms with Crippen molar-refractivity contribution < 1.29 is 19.8 Å². The van der Waals surface area contributed by atoms with E-state index in [-0.39, 0.29) is 11.3 Å². The van der Waals surface area contributed by atoms with Crippen LogP contribution in [0, 0.1) is 5.82 Å². The van der Waals surface area contributed by atoms with Gasteiger partial charge in [0.2, 0.25) is 0 Å². The summed E-state index contributed by atoms with van der Waals surface area (Å²) >= 11 is 1.27. The molecule has 10 heteroatoms. The number of halogens is 1. The lowest BCUT2D eigenvalue weighted by Gasteiger charge is -2.16. The van der Waals surface area contributed by atoms with Crippen molar-refractivity contribution >= 4 is 33.9 Å². The highest BCUT2D eigenvalue weighted by atomic mass is 32.2. The number of nitrogens with zero attached hydrogens (tertiary/aromatic N) is 2. The van der Waals surface area contributed by atoms with Crippen LogP contribution in [-0.4, -0.2) is 21.6 Å². The van der Waals surface area contributed by atoms with Crippen LogP contribution >= 0.6 is 11.3 Å². The number of hydrogen-bond donors (Lipinski definition) is 3. The van der Waals surface area contributed by atoms with Crippen LogP contribution in [0.25, 0.3) is 0 Å². The van der Waals surface area contributed by atoms with Crippen LogP contribution in [-0.2, 0) is 42.2 Å². The summed E-state index contributed by atoms with van der Waals surface area (Å²) in [5, 5.41) is 20.7. The maximum absolute atomic E-state index is 14.7. The molecule has 2 aliphatic carbocycles. The summed E-state index contributed by atoms with van der Waals surface area (Å²) in [5.41, 5.74) is 3.49. The maximum Gasteiger partial charge on any atom is 0.352 e. The van der Waals surface area contributed by atoms with Gasteiger partial charge in [-0.1, -0.05) is 0 Å². The Kier molecular flexibility index (Phi) is 6.21. The molecule has 4 rings (SSSR count). The highest BCUT2D eigenvalue weighted by Crippen LogP contribution is 2.41. The second kappa shape index (κ2) is 8.19. The predicted octanol–water partition coefficient (Wildman–Crippen LogP) is 2.93. The standard InChI is InChI=1S/C19H23FN4O2S2.H2O/c1-19(2,26)14-9-27-18(22-14)28(21)24-17(25)23-16-12-7-3-5-10(12)15(20)11-6-4-8-13(11)16;/h9,26H,3-8H2,1-2H3,(H3,21,23,24,25);1H2. The molecule has 0 fully saturated rings. The number of aliphatic hydroxyl groups is 1. The van der Waals surface area contributed by atoms with Crippen molar-refractivity contribution in [2.45, 2.75) is 62.3 Å². The van der Waals surface area contributed by atoms with E-state index < -0.39 is 22.5 Å². The van der Waals surface area contributed by atoms with Gasteiger partial charge in [-0.15, -0.1) is 15.7 Å². The third kappa shape index (κ3) is 4.13. The number of anilines is 1. The smallest absolute Gasteiger partial charge is 0.352 e. The summed E-state index contributed by atoms with van der Waals surface area (Å²) in [7, 11) is -1.22. The third-order valence-electron chi connectivity index (χ3n) is 5.27. The normalized spacial score (nSPS) is 16.3. The number of nitrogens with one attached hydrogen (secondary N) is 1. The first-order valence-electron chi connectivity index (χ1n) is 9.30. The molecule has 0 bridgehead atoms. The number of thiazole rings is 1. The number of nitrogens with two attached hydrogens (primary N) is 1. The van der Waals surface area contributed by atoms with Gasteiger partial charge >= 0.3 is 6.03 Å². The van der Waals surface area contributed by atoms with Crippen molar-refractivity contribution in [3.63, 3.8) is 0 Å². The third-order valence-corrected chi connectivity index (χ3v) is 7.52. The topological polar surface area (TPSA) is 132 Å². The van der Waals surface area contributed by atoms with Crippen LogP contribution in [0.5, 0.6) is 0 Å². The van der Waals surface area contributed by atoms with Gasteiger partial charge in [0.05, 0.1) is 5.69 Å². The lowest BCUT2D eigenvalue weighted by Crippen LogP contribution is -2.17. The van der Waals surface area contributed by atoms with E-state index in [0.717, 1.165) is 53.6 Å². The number of carbonyl (C=O) groups is 1. The van der Waals surface area contributed by atoms with E-state index in [9.17, 15) is 14.3 Å². The molecule has 0 spiro atoms. The van der Waals surface area contributed by atoms with Gasteiger partial charge in [-0.25, -0.2) is 14.2 Å². The molecule has 1 aromatic carbocycles. The van der Waals surface area contributed by atoms with Gasteiger partial charge in [0, 0.05) is 21.9 Å². The Morgan fingerprint density at radius 1 is 1.24 bits per heavy atom. The first-order chi connectivity index (χ1) is 13.3. The van der Waals surface area contributed by atoms with Crippen LogP contribution in [0.3, 0.4) is 0 Å². The van der Waals surface area contributed by atoms with Crippen LogP contribution in [0.4, 0.5) is 14.9 Å². The number of amides is 2. The molecule has 0 saturated heterocycles. The van der Waals surface area contributed by atoms with E-state index in [2.05, 4.69) is 14.7 Å². The highest BCUT2D eigenvalue weighted by molar-refractivity contribution is 7.87. The summed E-state index contributed by atoms with van der Waals surface area (Å²) in [6.45, 7) is 3.28. The number of hydrogen-bond acceptors (Lipinski definition) is 4. The number of benzene rings is 1. The number of rotatable bonds is 3. The first kappa shape index (κ1) is 22.0. The van der Waals surface area contributed by atoms with Crippen LogP contribution in [0.1, 0.15) is 54.6 Å². The van der Waals surface area contributed by atoms with E-state index in [1.54, 1.807) is 19.2 Å². The van der Waals surface area contributed by atoms with Gasteiger partial charge in [0.1, 0.15) is 11.4 Å². The Morgan fingerprint density at radius 2 is 1.79 bits per heavy atom. The Hall–Kier alpha value is -1.72. The molecule has 2 amide bonds. The molecule has 6 N–H and O–H groups in total. The van der Waals surface area contributed by atoms with Crippen molar-refractivity contribution in [2.24, 2.45) is 9.50 Å². The van der Waals surface area contributed by atoms with Crippen LogP contribution in [0.15, 0.2) is 14.1 Å². The second-order valence-corrected chi connectivity index (χ2v) is 10.0. The monoisotopic (exact) mass is 440 g/mol. The molecule has 1 atom stereocenters. The molecule has 1 heterocycles. The van der Waals surface area contributed by atoms with Gasteiger partial charge < -0.3 is 15.9 Å². The van der Waals surface area contributed by atoms with Gasteiger partial charge in [-0.2, -0.15) is 0 Å². The molecule has 2 aliphatic rings. The molecule has 2 aromatic rings. The van der Waals surface area contributed by atoms with E-state index in [1.807, 2.05) is 0 Å². The average molecular weight is 441 g/mol. The SMILES string of the molecule is CC(C)(O)c1csc(S(N)=NC(=O)Nc2c3c(c(F)c4c2CCC4)CCC3)n1.O. The van der Waals surface area contributed by atoms with Crippen molar-refractivity contribution in [3.8, 4) is 0 Å². The van der Waals surface area contributed by atoms with Gasteiger partial charge in [0.25, 0.3) is 0 Å². The molecule has 158 valence electrons. The molecule has 29 heavy (non-hydrogen) atoms. The molecular formula is C19H25FN4O3S2. The molecule has 1 aromatic heterocycles. The first-order valence-corrected chi connectivity index (χ1v) is 11.4. The van der Waals surface area contributed by atoms with Gasteiger partial charge in [0.15, 0.2) is 4.34 Å². The highest BCUT2D eigenvalue weighted by Gasteiger charge is 2.29. The number of fused-ring (bicyclic) bond motifs is 2. The fourth-order valence-corrected chi connectivity index (χ4v) is 5.78. The van der Waals surface area contributed by atoms with Crippen molar-refractivity contribution in [3.05, 3.63) is 39.1 Å². The second-order valence-electron chi connectivity index (χ2n) is 7.70. The average Bonchev–Trinajstić information content (AvgIpc) is 3.38. The van der Waals surface area contributed by atoms with Crippen molar-refractivity contribution in [1.82, 2.24) is 4.98 Å². The molecule has 7 nitrogen and oxygen atoms in total. The van der Waals surface area contributed by atoms with E-state index in [1.165, 1.54) is 11.3 Å². The lowest BCUT2D eigenvalue weighted by molar-refractivity contribution is 0.0741. The Bertz CT molecular complexity index is 963. The van der Waals surface area contributed by atoms with E-state index >= 15 is 0 Å². The zero-order valence-electron chi connectivity index (χ0n) is 16.3. The van der Waals surface area contributed by atoms with E-state index in [4.69, 9.17) is 5.14 Å². The van der Waals surface area contributed by atoms with Crippen molar-refractivity contribution in [2.75, 3.05) is 5.32 Å². The van der Waals surface area contributed by atoms with Gasteiger partial charge in [-0.3, -0.25) is 5.14 Å². The zero-order valence-corrected chi connectivity index (χ0v) is 18.0. The van der Waals surface area contributed by atoms with Crippen LogP contribution in [0.2, 0.25) is 0 Å². The Balaban J connectivity index is 0.00000240. The number of carbonyl (C=O) groups excluding carboxylic acids is 1. The summed E-state index contributed by atoms with van der Waals surface area (Å²) in [5.74, 6) is -0.0737. The predicted molar refractivity (Wildman–Crippen MR) is 113 cm³/mol. The Labute approximate surface area is 175 Å². The Morgan fingerprint density at radius 3 is 2.31 bits per heavy atom. The quantitative estimate of drug-likeness (QED) is 0.677. The fraction of sp³-hybridized carbons (Fsp3) is 0.474.